The Morgan fingerprint density at radius 2 is 1.51 bits per heavy atom. The van der Waals surface area contributed by atoms with Gasteiger partial charge >= 0.3 is 12.1 Å². The number of amides is 1. The van der Waals surface area contributed by atoms with Crippen molar-refractivity contribution < 1.29 is 19.1 Å². The minimum absolute atomic E-state index is 0.0411. The SMILES string of the molecule is CC1C(N2CCN(CCC(=O)OCc3ccccc3)CC2)OC(=O)N1CC1CCN(Cc2ccccc2)CC1. The van der Waals surface area contributed by atoms with E-state index in [1.165, 1.54) is 5.56 Å². The van der Waals surface area contributed by atoms with Crippen molar-refractivity contribution in [3.8, 4) is 0 Å². The van der Waals surface area contributed by atoms with Crippen molar-refractivity contribution in [1.82, 2.24) is 19.6 Å². The molecule has 2 aromatic carbocycles. The smallest absolute Gasteiger partial charge is 0.411 e. The molecule has 0 aromatic heterocycles. The fourth-order valence-electron chi connectivity index (χ4n) is 5.96. The van der Waals surface area contributed by atoms with Crippen LogP contribution in [-0.4, -0.2) is 96.3 Å². The van der Waals surface area contributed by atoms with E-state index < -0.39 is 0 Å². The van der Waals surface area contributed by atoms with E-state index in [9.17, 15) is 9.59 Å². The van der Waals surface area contributed by atoms with Gasteiger partial charge in [-0.25, -0.2) is 4.79 Å². The van der Waals surface area contributed by atoms with Crippen LogP contribution in [0, 0.1) is 5.92 Å². The number of likely N-dealkylation sites (tertiary alicyclic amines) is 1. The summed E-state index contributed by atoms with van der Waals surface area (Å²) in [4.78, 5) is 34.1. The van der Waals surface area contributed by atoms with E-state index in [0.717, 1.165) is 70.8 Å². The van der Waals surface area contributed by atoms with Gasteiger partial charge in [-0.1, -0.05) is 60.7 Å². The van der Waals surface area contributed by atoms with E-state index in [1.807, 2.05) is 35.2 Å². The summed E-state index contributed by atoms with van der Waals surface area (Å²) in [7, 11) is 0. The number of hydrogen-bond acceptors (Lipinski definition) is 7. The molecule has 2 atom stereocenters. The Balaban J connectivity index is 1.00. The third-order valence-corrected chi connectivity index (χ3v) is 8.41. The third-order valence-electron chi connectivity index (χ3n) is 8.41. The van der Waals surface area contributed by atoms with Crippen LogP contribution in [0.1, 0.15) is 37.3 Å². The zero-order valence-corrected chi connectivity index (χ0v) is 23.1. The van der Waals surface area contributed by atoms with Crippen LogP contribution in [-0.2, 0) is 27.4 Å². The number of piperidine rings is 1. The lowest BCUT2D eigenvalue weighted by atomic mass is 9.95. The van der Waals surface area contributed by atoms with Crippen molar-refractivity contribution in [3.63, 3.8) is 0 Å². The van der Waals surface area contributed by atoms with Crippen LogP contribution in [0.15, 0.2) is 60.7 Å². The summed E-state index contributed by atoms with van der Waals surface area (Å²) >= 11 is 0. The van der Waals surface area contributed by atoms with Crippen LogP contribution in [0.4, 0.5) is 4.79 Å². The normalized spacial score (nSPS) is 23.6. The number of cyclic esters (lactones) is 1. The van der Waals surface area contributed by atoms with Crippen LogP contribution in [0.25, 0.3) is 0 Å². The molecule has 2 unspecified atom stereocenters. The Kier molecular flexibility index (Phi) is 9.50. The zero-order chi connectivity index (χ0) is 27.0. The van der Waals surface area contributed by atoms with Crippen LogP contribution >= 0.6 is 0 Å². The summed E-state index contributed by atoms with van der Waals surface area (Å²) in [6, 6.07) is 20.4. The molecule has 3 aliphatic rings. The van der Waals surface area contributed by atoms with E-state index in [0.29, 0.717) is 25.5 Å². The van der Waals surface area contributed by atoms with Gasteiger partial charge in [0.15, 0.2) is 6.23 Å². The van der Waals surface area contributed by atoms with Crippen molar-refractivity contribution in [2.45, 2.75) is 51.6 Å². The Morgan fingerprint density at radius 1 is 0.872 bits per heavy atom. The van der Waals surface area contributed by atoms with E-state index in [-0.39, 0.29) is 24.3 Å². The van der Waals surface area contributed by atoms with Crippen molar-refractivity contribution in [3.05, 3.63) is 71.8 Å². The molecular formula is C31H42N4O4. The first-order valence-corrected chi connectivity index (χ1v) is 14.4. The first-order chi connectivity index (χ1) is 19.0. The predicted octanol–water partition coefficient (Wildman–Crippen LogP) is 3.82. The van der Waals surface area contributed by atoms with Gasteiger partial charge in [0.05, 0.1) is 12.5 Å². The van der Waals surface area contributed by atoms with Crippen molar-refractivity contribution in [2.24, 2.45) is 5.92 Å². The lowest BCUT2D eigenvalue weighted by Gasteiger charge is -2.38. The Morgan fingerprint density at radius 3 is 2.18 bits per heavy atom. The maximum Gasteiger partial charge on any atom is 0.411 e. The van der Waals surface area contributed by atoms with Gasteiger partial charge in [0.25, 0.3) is 0 Å². The van der Waals surface area contributed by atoms with Crippen LogP contribution in [0.2, 0.25) is 0 Å². The fraction of sp³-hybridized carbons (Fsp3) is 0.548. The molecule has 2 aromatic rings. The quantitative estimate of drug-likeness (QED) is 0.430. The predicted molar refractivity (Wildman–Crippen MR) is 150 cm³/mol. The van der Waals surface area contributed by atoms with Gasteiger partial charge in [-0.05, 0) is 49.9 Å². The molecule has 0 saturated carbocycles. The Bertz CT molecular complexity index is 1050. The van der Waals surface area contributed by atoms with Gasteiger partial charge in [0.2, 0.25) is 0 Å². The maximum atomic E-state index is 12.8. The standard InChI is InChI=1S/C31H42N4O4/c1-25-30(34-20-18-32(19-21-34)17-14-29(36)38-24-28-10-6-3-7-11-28)39-31(37)35(25)23-27-12-15-33(16-13-27)22-26-8-4-2-5-9-26/h2-11,25,27,30H,12-24H2,1H3. The van der Waals surface area contributed by atoms with Crippen LogP contribution in [0.3, 0.4) is 0 Å². The highest BCUT2D eigenvalue weighted by Gasteiger charge is 2.43. The Hall–Kier alpha value is -2.94. The van der Waals surface area contributed by atoms with Gasteiger partial charge in [-0.2, -0.15) is 0 Å². The lowest BCUT2D eigenvalue weighted by Crippen LogP contribution is -2.54. The molecule has 210 valence electrons. The molecule has 8 nitrogen and oxygen atoms in total. The Labute approximate surface area is 232 Å². The van der Waals surface area contributed by atoms with E-state index in [1.54, 1.807) is 0 Å². The third kappa shape index (κ3) is 7.59. The number of rotatable bonds is 10. The molecule has 0 bridgehead atoms. The molecule has 1 amide bonds. The van der Waals surface area contributed by atoms with Gasteiger partial charge in [0, 0.05) is 45.8 Å². The number of carbonyl (C=O) groups excluding carboxylic acids is 2. The molecule has 0 N–H and O–H groups in total. The first-order valence-electron chi connectivity index (χ1n) is 14.4. The van der Waals surface area contributed by atoms with E-state index >= 15 is 0 Å². The summed E-state index contributed by atoms with van der Waals surface area (Å²) in [5, 5.41) is 0. The molecule has 3 heterocycles. The highest BCUT2D eigenvalue weighted by molar-refractivity contribution is 5.70. The van der Waals surface area contributed by atoms with E-state index in [2.05, 4.69) is 52.0 Å². The second-order valence-corrected chi connectivity index (χ2v) is 11.1. The monoisotopic (exact) mass is 534 g/mol. The topological polar surface area (TPSA) is 65.6 Å². The maximum absolute atomic E-state index is 12.8. The molecule has 3 saturated heterocycles. The van der Waals surface area contributed by atoms with Crippen LogP contribution < -0.4 is 0 Å². The van der Waals surface area contributed by atoms with Gasteiger partial charge in [0.1, 0.15) is 6.61 Å². The number of hydrogen-bond donors (Lipinski definition) is 0. The average molecular weight is 535 g/mol. The van der Waals surface area contributed by atoms with Crippen molar-refractivity contribution >= 4 is 12.1 Å². The number of piperazine rings is 1. The first kappa shape index (κ1) is 27.6. The van der Waals surface area contributed by atoms with Crippen molar-refractivity contribution in [1.29, 1.82) is 0 Å². The van der Waals surface area contributed by atoms with Gasteiger partial charge in [-0.3, -0.25) is 14.6 Å². The largest absolute Gasteiger partial charge is 0.461 e. The lowest BCUT2D eigenvalue weighted by molar-refractivity contribution is -0.145. The summed E-state index contributed by atoms with van der Waals surface area (Å²) in [6.07, 6.45) is 2.23. The fourth-order valence-corrected chi connectivity index (χ4v) is 5.96. The minimum Gasteiger partial charge on any atom is -0.461 e. The summed E-state index contributed by atoms with van der Waals surface area (Å²) < 4.78 is 11.3. The highest BCUT2D eigenvalue weighted by atomic mass is 16.6. The second-order valence-electron chi connectivity index (χ2n) is 11.1. The molecule has 8 heteroatoms. The number of nitrogens with zero attached hydrogens (tertiary/aromatic N) is 4. The van der Waals surface area contributed by atoms with Gasteiger partial charge in [-0.15, -0.1) is 0 Å². The number of ether oxygens (including phenoxy) is 2. The molecular weight excluding hydrogens is 492 g/mol. The van der Waals surface area contributed by atoms with Crippen LogP contribution in [0.5, 0.6) is 0 Å². The van der Waals surface area contributed by atoms with Crippen molar-refractivity contribution in [2.75, 3.05) is 52.4 Å². The number of esters is 1. The summed E-state index contributed by atoms with van der Waals surface area (Å²) in [5.74, 6) is 0.352. The van der Waals surface area contributed by atoms with Gasteiger partial charge < -0.3 is 19.3 Å². The summed E-state index contributed by atoms with van der Waals surface area (Å²) in [6.45, 7) is 10.4. The second kappa shape index (κ2) is 13.4. The molecule has 3 fully saturated rings. The number of carbonyl (C=O) groups is 2. The molecule has 0 aliphatic carbocycles. The highest BCUT2D eigenvalue weighted by Crippen LogP contribution is 2.28. The molecule has 0 radical (unpaired) electrons. The number of benzene rings is 2. The minimum atomic E-state index is -0.200. The molecule has 3 aliphatic heterocycles. The average Bonchev–Trinajstić information content (AvgIpc) is 3.25. The summed E-state index contributed by atoms with van der Waals surface area (Å²) in [5.41, 5.74) is 2.36. The zero-order valence-electron chi connectivity index (χ0n) is 23.1. The molecule has 5 rings (SSSR count). The molecule has 39 heavy (non-hydrogen) atoms. The molecule has 0 spiro atoms. The van der Waals surface area contributed by atoms with E-state index in [4.69, 9.17) is 9.47 Å².